The lowest BCUT2D eigenvalue weighted by Crippen LogP contribution is -2.15. The number of aromatic nitrogens is 2. The molecule has 2 N–H and O–H groups in total. The minimum atomic E-state index is 0.637. The van der Waals surface area contributed by atoms with Crippen LogP contribution < -0.4 is 5.32 Å². The number of halogens is 1. The first-order valence-electron chi connectivity index (χ1n) is 4.20. The van der Waals surface area contributed by atoms with E-state index in [4.69, 9.17) is 0 Å². The molecule has 0 bridgehead atoms. The Balaban J connectivity index is 2.27. The highest BCUT2D eigenvalue weighted by molar-refractivity contribution is 9.10. The summed E-state index contributed by atoms with van der Waals surface area (Å²) in [6.07, 6.45) is 2.38. The second kappa shape index (κ2) is 3.18. The zero-order valence-electron chi connectivity index (χ0n) is 7.02. The zero-order valence-corrected chi connectivity index (χ0v) is 8.61. The monoisotopic (exact) mass is 229 g/mol. The standard InChI is InChI=1S/C8H12BrN3/c1-10-4-5-2-3-6-7(5)8(9)12-11-6/h5,10H,2-4H2,1H3,(H,11,12). The van der Waals surface area contributed by atoms with E-state index in [1.807, 2.05) is 7.05 Å². The number of nitrogens with zero attached hydrogens (tertiary/aromatic N) is 1. The summed E-state index contributed by atoms with van der Waals surface area (Å²) < 4.78 is 0.996. The normalized spacial score (nSPS) is 21.3. The molecule has 0 amide bonds. The molecule has 4 heteroatoms. The van der Waals surface area contributed by atoms with Crippen LogP contribution in [0.4, 0.5) is 0 Å². The Morgan fingerprint density at radius 3 is 3.33 bits per heavy atom. The summed E-state index contributed by atoms with van der Waals surface area (Å²) in [5.74, 6) is 0.637. The third-order valence-electron chi connectivity index (χ3n) is 2.44. The molecular weight excluding hydrogens is 218 g/mol. The van der Waals surface area contributed by atoms with E-state index in [0.717, 1.165) is 17.6 Å². The van der Waals surface area contributed by atoms with Crippen molar-refractivity contribution in [3.05, 3.63) is 15.9 Å². The first-order valence-corrected chi connectivity index (χ1v) is 4.99. The number of aromatic amines is 1. The topological polar surface area (TPSA) is 40.7 Å². The zero-order chi connectivity index (χ0) is 8.55. The average molecular weight is 230 g/mol. The van der Waals surface area contributed by atoms with Crippen LogP contribution in [0.25, 0.3) is 0 Å². The van der Waals surface area contributed by atoms with Crippen molar-refractivity contribution in [2.24, 2.45) is 0 Å². The van der Waals surface area contributed by atoms with Gasteiger partial charge in [0.1, 0.15) is 4.60 Å². The lowest BCUT2D eigenvalue weighted by atomic mass is 10.1. The maximum Gasteiger partial charge on any atom is 0.131 e. The molecule has 0 saturated heterocycles. The summed E-state index contributed by atoms with van der Waals surface area (Å²) in [7, 11) is 1.99. The van der Waals surface area contributed by atoms with Crippen molar-refractivity contribution in [2.45, 2.75) is 18.8 Å². The third-order valence-corrected chi connectivity index (χ3v) is 3.04. The number of fused-ring (bicyclic) bond motifs is 1. The number of aryl methyl sites for hydroxylation is 1. The number of hydrogen-bond donors (Lipinski definition) is 2. The largest absolute Gasteiger partial charge is 0.319 e. The van der Waals surface area contributed by atoms with E-state index in [1.165, 1.54) is 17.7 Å². The van der Waals surface area contributed by atoms with Crippen molar-refractivity contribution in [1.29, 1.82) is 0 Å². The second-order valence-corrected chi connectivity index (χ2v) is 3.95. The fourth-order valence-corrected chi connectivity index (χ4v) is 2.53. The number of nitrogens with one attached hydrogen (secondary N) is 2. The van der Waals surface area contributed by atoms with Gasteiger partial charge in [0.15, 0.2) is 0 Å². The van der Waals surface area contributed by atoms with Crippen molar-refractivity contribution in [3.63, 3.8) is 0 Å². The van der Waals surface area contributed by atoms with Gasteiger partial charge in [0.2, 0.25) is 0 Å². The Morgan fingerprint density at radius 2 is 2.58 bits per heavy atom. The van der Waals surface area contributed by atoms with Gasteiger partial charge in [-0.15, -0.1) is 0 Å². The van der Waals surface area contributed by atoms with Crippen LogP contribution in [0.1, 0.15) is 23.6 Å². The molecule has 1 atom stereocenters. The molecule has 1 aromatic heterocycles. The lowest BCUT2D eigenvalue weighted by Gasteiger charge is -2.08. The van der Waals surface area contributed by atoms with Crippen LogP contribution in [-0.4, -0.2) is 23.8 Å². The number of H-pyrrole nitrogens is 1. The smallest absolute Gasteiger partial charge is 0.131 e. The van der Waals surface area contributed by atoms with Gasteiger partial charge in [-0.05, 0) is 35.8 Å². The van der Waals surface area contributed by atoms with Gasteiger partial charge >= 0.3 is 0 Å². The Morgan fingerprint density at radius 1 is 1.75 bits per heavy atom. The molecule has 0 aromatic carbocycles. The van der Waals surface area contributed by atoms with Gasteiger partial charge in [-0.1, -0.05) is 0 Å². The maximum atomic E-state index is 4.13. The first kappa shape index (κ1) is 8.26. The van der Waals surface area contributed by atoms with Gasteiger partial charge in [-0.3, -0.25) is 5.10 Å². The molecule has 1 aliphatic carbocycles. The summed E-state index contributed by atoms with van der Waals surface area (Å²) in [4.78, 5) is 0. The second-order valence-electron chi connectivity index (χ2n) is 3.20. The Bertz CT molecular complexity index is 282. The molecule has 2 rings (SSSR count). The van der Waals surface area contributed by atoms with Crippen LogP contribution >= 0.6 is 15.9 Å². The molecule has 0 spiro atoms. The van der Waals surface area contributed by atoms with E-state index in [9.17, 15) is 0 Å². The summed E-state index contributed by atoms with van der Waals surface area (Å²) in [6.45, 7) is 1.05. The SMILES string of the molecule is CNCC1CCc2[nH]nc(Br)c21. The van der Waals surface area contributed by atoms with Crippen molar-refractivity contribution < 1.29 is 0 Å². The minimum Gasteiger partial charge on any atom is -0.319 e. The van der Waals surface area contributed by atoms with Crippen LogP contribution in [0, 0.1) is 0 Å². The van der Waals surface area contributed by atoms with Gasteiger partial charge in [0.25, 0.3) is 0 Å². The van der Waals surface area contributed by atoms with E-state index < -0.39 is 0 Å². The van der Waals surface area contributed by atoms with Gasteiger partial charge in [0.05, 0.1) is 0 Å². The molecule has 1 heterocycles. The molecule has 0 saturated carbocycles. The highest BCUT2D eigenvalue weighted by Gasteiger charge is 2.26. The molecule has 0 radical (unpaired) electrons. The predicted octanol–water partition coefficient (Wildman–Crippen LogP) is 1.42. The van der Waals surface area contributed by atoms with Crippen LogP contribution in [0.15, 0.2) is 4.60 Å². The highest BCUT2D eigenvalue weighted by atomic mass is 79.9. The molecule has 1 unspecified atom stereocenters. The Hall–Kier alpha value is -0.350. The number of rotatable bonds is 2. The Kier molecular flexibility index (Phi) is 2.19. The molecular formula is C8H12BrN3. The molecule has 12 heavy (non-hydrogen) atoms. The van der Waals surface area contributed by atoms with Crippen LogP contribution in [0.5, 0.6) is 0 Å². The Labute approximate surface area is 80.1 Å². The summed E-state index contributed by atoms with van der Waals surface area (Å²) in [5, 5.41) is 10.4. The maximum absolute atomic E-state index is 4.13. The molecule has 0 fully saturated rings. The highest BCUT2D eigenvalue weighted by Crippen LogP contribution is 2.35. The van der Waals surface area contributed by atoms with E-state index in [1.54, 1.807) is 0 Å². The van der Waals surface area contributed by atoms with E-state index >= 15 is 0 Å². The minimum absolute atomic E-state index is 0.637. The molecule has 1 aromatic rings. The van der Waals surface area contributed by atoms with Gasteiger partial charge < -0.3 is 5.32 Å². The third kappa shape index (κ3) is 1.19. The van der Waals surface area contributed by atoms with Crippen molar-refractivity contribution in [3.8, 4) is 0 Å². The fraction of sp³-hybridized carbons (Fsp3) is 0.625. The number of likely N-dealkylation sites (N-methyl/N-ethyl adjacent to an activating group) is 1. The number of hydrogen-bond acceptors (Lipinski definition) is 2. The van der Waals surface area contributed by atoms with E-state index in [2.05, 4.69) is 31.4 Å². The van der Waals surface area contributed by atoms with E-state index in [-0.39, 0.29) is 0 Å². The summed E-state index contributed by atoms with van der Waals surface area (Å²) in [5.41, 5.74) is 2.69. The average Bonchev–Trinajstić information content (AvgIpc) is 2.58. The fourth-order valence-electron chi connectivity index (χ4n) is 1.88. The first-order chi connectivity index (χ1) is 5.83. The predicted molar refractivity (Wildman–Crippen MR) is 51.3 cm³/mol. The quantitative estimate of drug-likeness (QED) is 0.806. The van der Waals surface area contributed by atoms with Crippen molar-refractivity contribution in [2.75, 3.05) is 13.6 Å². The van der Waals surface area contributed by atoms with Crippen molar-refractivity contribution >= 4 is 15.9 Å². The molecule has 66 valence electrons. The van der Waals surface area contributed by atoms with Gasteiger partial charge in [-0.25, -0.2) is 0 Å². The van der Waals surface area contributed by atoms with Crippen molar-refractivity contribution in [1.82, 2.24) is 15.5 Å². The molecule has 1 aliphatic rings. The summed E-state index contributed by atoms with van der Waals surface area (Å²) >= 11 is 3.46. The van der Waals surface area contributed by atoms with Crippen LogP contribution in [0.2, 0.25) is 0 Å². The summed E-state index contributed by atoms with van der Waals surface area (Å²) in [6, 6.07) is 0. The van der Waals surface area contributed by atoms with Crippen LogP contribution in [-0.2, 0) is 6.42 Å². The molecule has 3 nitrogen and oxygen atoms in total. The molecule has 0 aliphatic heterocycles. The van der Waals surface area contributed by atoms with Gasteiger partial charge in [0, 0.05) is 23.7 Å². The van der Waals surface area contributed by atoms with Gasteiger partial charge in [-0.2, -0.15) is 5.10 Å². The van der Waals surface area contributed by atoms with Crippen LogP contribution in [0.3, 0.4) is 0 Å². The van der Waals surface area contributed by atoms with E-state index in [0.29, 0.717) is 5.92 Å². The lowest BCUT2D eigenvalue weighted by molar-refractivity contribution is 0.617.